The Bertz CT molecular complexity index is 794. The highest BCUT2D eigenvalue weighted by Gasteiger charge is 2.47. The second-order valence-electron chi connectivity index (χ2n) is 7.17. The van der Waals surface area contributed by atoms with Crippen molar-refractivity contribution in [1.29, 1.82) is 0 Å². The molecule has 2 aliphatic rings. The topological polar surface area (TPSA) is 72.1 Å². The fourth-order valence-electron chi connectivity index (χ4n) is 3.87. The summed E-state index contributed by atoms with van der Waals surface area (Å²) in [7, 11) is 0. The zero-order chi connectivity index (χ0) is 19.0. The van der Waals surface area contributed by atoms with Gasteiger partial charge in [0.05, 0.1) is 12.3 Å². The number of furan rings is 1. The van der Waals surface area contributed by atoms with Crippen LogP contribution in [0.1, 0.15) is 66.9 Å². The Labute approximate surface area is 154 Å². The molecule has 1 aliphatic heterocycles. The summed E-state index contributed by atoms with van der Waals surface area (Å²) in [6.45, 7) is 0. The molecule has 2 atom stereocenters. The maximum absolute atomic E-state index is 13.6. The lowest BCUT2D eigenvalue weighted by Gasteiger charge is -2.32. The van der Waals surface area contributed by atoms with E-state index in [1.165, 1.54) is 12.3 Å². The summed E-state index contributed by atoms with van der Waals surface area (Å²) in [5.41, 5.74) is -0.00239. The van der Waals surface area contributed by atoms with E-state index in [1.54, 1.807) is 12.1 Å². The van der Waals surface area contributed by atoms with Crippen LogP contribution in [0.5, 0.6) is 0 Å². The van der Waals surface area contributed by atoms with Gasteiger partial charge < -0.3 is 15.1 Å². The second-order valence-corrected chi connectivity index (χ2v) is 7.17. The van der Waals surface area contributed by atoms with Gasteiger partial charge in [0.25, 0.3) is 5.91 Å². The van der Waals surface area contributed by atoms with E-state index in [0.29, 0.717) is 5.76 Å². The van der Waals surface area contributed by atoms with Crippen molar-refractivity contribution in [3.8, 4) is 0 Å². The van der Waals surface area contributed by atoms with Gasteiger partial charge in [-0.15, -0.1) is 0 Å². The monoisotopic (exact) mass is 382 g/mol. The van der Waals surface area contributed by atoms with Crippen molar-refractivity contribution in [2.75, 3.05) is 5.32 Å². The van der Waals surface area contributed by atoms with E-state index in [9.17, 15) is 18.0 Å². The number of nitrogens with zero attached hydrogens (tertiary/aromatic N) is 2. The van der Waals surface area contributed by atoms with Crippen molar-refractivity contribution >= 4 is 11.7 Å². The largest absolute Gasteiger partial charge is 0.467 e. The summed E-state index contributed by atoms with van der Waals surface area (Å²) in [6.07, 6.45) is 1.72. The van der Waals surface area contributed by atoms with Gasteiger partial charge in [0.15, 0.2) is 11.7 Å². The first-order valence-electron chi connectivity index (χ1n) is 9.19. The molecular formula is C18H21F3N4O2. The minimum atomic E-state index is -4.48. The number of hydrogen-bond donors (Lipinski definition) is 2. The van der Waals surface area contributed by atoms with Crippen LogP contribution in [0, 0.1) is 0 Å². The van der Waals surface area contributed by atoms with Crippen molar-refractivity contribution < 1.29 is 22.4 Å². The maximum Gasteiger partial charge on any atom is 0.410 e. The van der Waals surface area contributed by atoms with Gasteiger partial charge in [0.1, 0.15) is 11.6 Å². The predicted octanol–water partition coefficient (Wildman–Crippen LogP) is 4.20. The average molecular weight is 382 g/mol. The molecule has 27 heavy (non-hydrogen) atoms. The van der Waals surface area contributed by atoms with Crippen molar-refractivity contribution in [1.82, 2.24) is 15.1 Å². The quantitative estimate of drug-likeness (QED) is 0.835. The highest BCUT2D eigenvalue weighted by Crippen LogP contribution is 2.43. The first kappa shape index (κ1) is 17.9. The summed E-state index contributed by atoms with van der Waals surface area (Å²) in [4.78, 5) is 12.5. The summed E-state index contributed by atoms with van der Waals surface area (Å²) in [5.74, 6) is 0.157. The number of carbonyl (C=O) groups is 1. The Kier molecular flexibility index (Phi) is 4.61. The Morgan fingerprint density at radius 2 is 2.07 bits per heavy atom. The first-order chi connectivity index (χ1) is 12.9. The van der Waals surface area contributed by atoms with E-state index >= 15 is 0 Å². The van der Waals surface area contributed by atoms with E-state index < -0.39 is 24.2 Å². The van der Waals surface area contributed by atoms with Gasteiger partial charge in [-0.2, -0.15) is 18.3 Å². The fourth-order valence-corrected chi connectivity index (χ4v) is 3.87. The minimum Gasteiger partial charge on any atom is -0.467 e. The number of alkyl halides is 3. The molecule has 6 nitrogen and oxygen atoms in total. The number of hydrogen-bond acceptors (Lipinski definition) is 4. The van der Waals surface area contributed by atoms with Crippen LogP contribution in [-0.2, 0) is 0 Å². The molecule has 4 rings (SSSR count). The van der Waals surface area contributed by atoms with E-state index in [4.69, 9.17) is 4.42 Å². The molecule has 2 aromatic rings. The van der Waals surface area contributed by atoms with Crippen LogP contribution in [-0.4, -0.2) is 27.9 Å². The molecule has 0 unspecified atom stereocenters. The molecule has 0 aromatic carbocycles. The molecule has 3 heterocycles. The summed E-state index contributed by atoms with van der Waals surface area (Å²) >= 11 is 0. The van der Waals surface area contributed by atoms with Crippen molar-refractivity contribution in [2.45, 2.75) is 62.8 Å². The lowest BCUT2D eigenvalue weighted by molar-refractivity contribution is -0.174. The van der Waals surface area contributed by atoms with Crippen molar-refractivity contribution in [3.05, 3.63) is 35.9 Å². The highest BCUT2D eigenvalue weighted by molar-refractivity contribution is 5.93. The predicted molar refractivity (Wildman–Crippen MR) is 91.3 cm³/mol. The zero-order valence-corrected chi connectivity index (χ0v) is 14.6. The molecule has 0 bridgehead atoms. The number of halogens is 3. The number of nitrogens with one attached hydrogen (secondary N) is 2. The van der Waals surface area contributed by atoms with Crippen LogP contribution in [0.2, 0.25) is 0 Å². The zero-order valence-electron chi connectivity index (χ0n) is 14.6. The first-order valence-corrected chi connectivity index (χ1v) is 9.19. The lowest BCUT2D eigenvalue weighted by Crippen LogP contribution is -2.37. The second kappa shape index (κ2) is 6.94. The number of anilines is 1. The fraction of sp³-hybridized carbons (Fsp3) is 0.556. The Morgan fingerprint density at radius 3 is 2.74 bits per heavy atom. The molecule has 2 N–H and O–H groups in total. The molecule has 0 radical (unpaired) electrons. The number of fused-ring (bicyclic) bond motifs is 1. The molecule has 1 saturated carbocycles. The van der Waals surface area contributed by atoms with E-state index in [0.717, 1.165) is 36.8 Å². The Hall–Kier alpha value is -2.45. The third-order valence-electron chi connectivity index (χ3n) is 5.25. The molecule has 146 valence electrons. The van der Waals surface area contributed by atoms with Gasteiger partial charge in [0.2, 0.25) is 0 Å². The molecule has 1 fully saturated rings. The van der Waals surface area contributed by atoms with Crippen molar-refractivity contribution in [3.63, 3.8) is 0 Å². The van der Waals surface area contributed by atoms with Gasteiger partial charge in [-0.3, -0.25) is 4.79 Å². The number of aromatic nitrogens is 2. The van der Waals surface area contributed by atoms with Crippen LogP contribution < -0.4 is 10.6 Å². The summed E-state index contributed by atoms with van der Waals surface area (Å²) in [5, 5.41) is 9.87. The molecule has 0 saturated heterocycles. The molecule has 1 amide bonds. The van der Waals surface area contributed by atoms with E-state index in [-0.39, 0.29) is 24.0 Å². The molecule has 2 aromatic heterocycles. The number of amides is 1. The SMILES string of the molecule is O=C(NC1CCCCC1)c1cc2n(n1)[C@H](C(F)(F)F)C[C@@H](c1ccco1)N2. The van der Waals surface area contributed by atoms with E-state index in [1.807, 2.05) is 0 Å². The molecule has 0 spiro atoms. The van der Waals surface area contributed by atoms with Crippen LogP contribution in [0.25, 0.3) is 0 Å². The lowest BCUT2D eigenvalue weighted by atomic mass is 9.95. The van der Waals surface area contributed by atoms with E-state index in [2.05, 4.69) is 15.7 Å². The van der Waals surface area contributed by atoms with Gasteiger partial charge in [0, 0.05) is 18.5 Å². The van der Waals surface area contributed by atoms with Gasteiger partial charge in [-0.1, -0.05) is 19.3 Å². The van der Waals surface area contributed by atoms with Crippen LogP contribution in [0.3, 0.4) is 0 Å². The third-order valence-corrected chi connectivity index (χ3v) is 5.25. The number of rotatable bonds is 3. The third kappa shape index (κ3) is 3.68. The minimum absolute atomic E-state index is 0.00239. The average Bonchev–Trinajstić information content (AvgIpc) is 3.30. The van der Waals surface area contributed by atoms with Gasteiger partial charge >= 0.3 is 6.18 Å². The molecule has 9 heteroatoms. The smallest absolute Gasteiger partial charge is 0.410 e. The summed E-state index contributed by atoms with van der Waals surface area (Å²) in [6, 6.07) is 2.26. The standard InChI is InChI=1S/C18H21F3N4O2/c19-18(20,21)15-9-12(14-7-4-8-27-14)23-16-10-13(24-25(15)16)17(26)22-11-5-2-1-3-6-11/h4,7-8,10-12,15,23H,1-3,5-6,9H2,(H,22,26)/t12-,15-/m0/s1. The normalized spacial score (nSPS) is 23.5. The Morgan fingerprint density at radius 1 is 1.30 bits per heavy atom. The van der Waals surface area contributed by atoms with Crippen molar-refractivity contribution in [2.24, 2.45) is 0 Å². The Balaban J connectivity index is 1.58. The summed E-state index contributed by atoms with van der Waals surface area (Å²) < 4.78 is 46.9. The highest BCUT2D eigenvalue weighted by atomic mass is 19.4. The van der Waals surface area contributed by atoms with Crippen LogP contribution in [0.4, 0.5) is 19.0 Å². The molecular weight excluding hydrogens is 361 g/mol. The van der Waals surface area contributed by atoms with Crippen LogP contribution in [0.15, 0.2) is 28.9 Å². The number of carbonyl (C=O) groups excluding carboxylic acids is 1. The maximum atomic E-state index is 13.6. The molecule has 1 aliphatic carbocycles. The van der Waals surface area contributed by atoms with Crippen LogP contribution >= 0.6 is 0 Å². The van der Waals surface area contributed by atoms with Gasteiger partial charge in [-0.25, -0.2) is 4.68 Å². The van der Waals surface area contributed by atoms with Gasteiger partial charge in [-0.05, 0) is 25.0 Å².